The lowest BCUT2D eigenvalue weighted by Gasteiger charge is -2.28. The minimum atomic E-state index is -0.189. The van der Waals surface area contributed by atoms with Crippen LogP contribution in [0.1, 0.15) is 45.2 Å². The Balaban J connectivity index is 2.98. The van der Waals surface area contributed by atoms with Gasteiger partial charge in [-0.3, -0.25) is 0 Å². The van der Waals surface area contributed by atoms with E-state index in [-0.39, 0.29) is 5.60 Å². The van der Waals surface area contributed by atoms with Gasteiger partial charge in [0, 0.05) is 0 Å². The van der Waals surface area contributed by atoms with Crippen molar-refractivity contribution in [2.24, 2.45) is 5.73 Å². The van der Waals surface area contributed by atoms with E-state index in [0.29, 0.717) is 6.54 Å². The molecule has 0 fully saturated rings. The molecule has 0 atom stereocenters. The zero-order chi connectivity index (χ0) is 12.9. The van der Waals surface area contributed by atoms with Crippen LogP contribution in [0, 0.1) is 0 Å². The van der Waals surface area contributed by atoms with Crippen LogP contribution in [0.3, 0.4) is 0 Å². The molecule has 0 aromatic heterocycles. The first kappa shape index (κ1) is 14.0. The summed E-state index contributed by atoms with van der Waals surface area (Å²) >= 11 is 0. The van der Waals surface area contributed by atoms with Gasteiger partial charge in [0.25, 0.3) is 0 Å². The minimum Gasteiger partial charge on any atom is -0.488 e. The van der Waals surface area contributed by atoms with E-state index >= 15 is 0 Å². The summed E-state index contributed by atoms with van der Waals surface area (Å²) in [5.41, 5.74) is 8.14. The SMILES string of the molecule is CCc1cccc(OC(C)(C)CCN)c1CC. The second kappa shape index (κ2) is 6.06. The van der Waals surface area contributed by atoms with Crippen LogP contribution < -0.4 is 10.5 Å². The molecular weight excluding hydrogens is 210 g/mol. The first-order valence-corrected chi connectivity index (χ1v) is 6.54. The number of hydrogen-bond acceptors (Lipinski definition) is 2. The number of rotatable bonds is 6. The summed E-state index contributed by atoms with van der Waals surface area (Å²) in [5.74, 6) is 1.02. The Hall–Kier alpha value is -1.02. The summed E-state index contributed by atoms with van der Waals surface area (Å²) < 4.78 is 6.13. The summed E-state index contributed by atoms with van der Waals surface area (Å²) in [4.78, 5) is 0. The van der Waals surface area contributed by atoms with Gasteiger partial charge in [-0.15, -0.1) is 0 Å². The van der Waals surface area contributed by atoms with E-state index in [0.717, 1.165) is 25.0 Å². The summed E-state index contributed by atoms with van der Waals surface area (Å²) in [6, 6.07) is 6.32. The Morgan fingerprint density at radius 1 is 1.18 bits per heavy atom. The average molecular weight is 235 g/mol. The van der Waals surface area contributed by atoms with Gasteiger partial charge in [-0.2, -0.15) is 0 Å². The number of benzene rings is 1. The fourth-order valence-corrected chi connectivity index (χ4v) is 2.14. The Morgan fingerprint density at radius 2 is 1.88 bits per heavy atom. The third-order valence-corrected chi connectivity index (χ3v) is 3.10. The standard InChI is InChI=1S/C15H25NO/c1-5-12-8-7-9-14(13(12)6-2)17-15(3,4)10-11-16/h7-9H,5-6,10-11,16H2,1-4H3. The molecule has 2 N–H and O–H groups in total. The van der Waals surface area contributed by atoms with E-state index in [1.165, 1.54) is 11.1 Å². The maximum absolute atomic E-state index is 6.13. The highest BCUT2D eigenvalue weighted by Gasteiger charge is 2.20. The minimum absolute atomic E-state index is 0.189. The third kappa shape index (κ3) is 3.74. The van der Waals surface area contributed by atoms with E-state index in [1.807, 2.05) is 0 Å². The highest BCUT2D eigenvalue weighted by molar-refractivity contribution is 5.40. The lowest BCUT2D eigenvalue weighted by atomic mass is 10.0. The van der Waals surface area contributed by atoms with Crippen LogP contribution in [0.4, 0.5) is 0 Å². The van der Waals surface area contributed by atoms with E-state index in [4.69, 9.17) is 10.5 Å². The summed E-state index contributed by atoms with van der Waals surface area (Å²) in [5, 5.41) is 0. The molecule has 0 heterocycles. The van der Waals surface area contributed by atoms with Gasteiger partial charge in [0.15, 0.2) is 0 Å². The molecule has 0 saturated heterocycles. The summed E-state index contributed by atoms with van der Waals surface area (Å²) in [6.45, 7) is 9.21. The first-order valence-electron chi connectivity index (χ1n) is 6.54. The number of aryl methyl sites for hydroxylation is 1. The molecule has 0 aliphatic rings. The molecule has 2 heteroatoms. The number of nitrogens with two attached hydrogens (primary N) is 1. The van der Waals surface area contributed by atoms with Gasteiger partial charge in [-0.1, -0.05) is 26.0 Å². The van der Waals surface area contributed by atoms with Crippen molar-refractivity contribution in [3.8, 4) is 5.75 Å². The molecule has 1 rings (SSSR count). The van der Waals surface area contributed by atoms with Crippen molar-refractivity contribution < 1.29 is 4.74 Å². The molecule has 0 amide bonds. The molecule has 17 heavy (non-hydrogen) atoms. The highest BCUT2D eigenvalue weighted by Crippen LogP contribution is 2.28. The molecule has 0 saturated carbocycles. The average Bonchev–Trinajstić information content (AvgIpc) is 2.27. The van der Waals surface area contributed by atoms with Crippen LogP contribution in [0.25, 0.3) is 0 Å². The second-order valence-corrected chi connectivity index (χ2v) is 5.00. The van der Waals surface area contributed by atoms with E-state index in [1.54, 1.807) is 0 Å². The molecule has 1 aromatic carbocycles. The zero-order valence-corrected chi connectivity index (χ0v) is 11.5. The van der Waals surface area contributed by atoms with Crippen LogP contribution in [0.5, 0.6) is 5.75 Å². The van der Waals surface area contributed by atoms with Crippen LogP contribution in [0.15, 0.2) is 18.2 Å². The van der Waals surface area contributed by atoms with Crippen LogP contribution in [-0.4, -0.2) is 12.1 Å². The fraction of sp³-hybridized carbons (Fsp3) is 0.600. The molecule has 0 unspecified atom stereocenters. The maximum Gasteiger partial charge on any atom is 0.123 e. The lowest BCUT2D eigenvalue weighted by Crippen LogP contribution is -2.31. The normalized spacial score (nSPS) is 11.6. The van der Waals surface area contributed by atoms with Crippen molar-refractivity contribution >= 4 is 0 Å². The molecule has 2 nitrogen and oxygen atoms in total. The number of hydrogen-bond donors (Lipinski definition) is 1. The molecule has 0 radical (unpaired) electrons. The predicted octanol–water partition coefficient (Wildman–Crippen LogP) is 3.32. The molecule has 0 spiro atoms. The monoisotopic (exact) mass is 235 g/mol. The topological polar surface area (TPSA) is 35.2 Å². The summed E-state index contributed by atoms with van der Waals surface area (Å²) in [6.07, 6.45) is 2.93. The first-order chi connectivity index (χ1) is 8.04. The van der Waals surface area contributed by atoms with Crippen molar-refractivity contribution in [1.82, 2.24) is 0 Å². The van der Waals surface area contributed by atoms with E-state index < -0.39 is 0 Å². The molecule has 0 aliphatic carbocycles. The zero-order valence-electron chi connectivity index (χ0n) is 11.5. The van der Waals surface area contributed by atoms with Crippen molar-refractivity contribution in [3.05, 3.63) is 29.3 Å². The number of ether oxygens (including phenoxy) is 1. The van der Waals surface area contributed by atoms with Gasteiger partial charge < -0.3 is 10.5 Å². The molecule has 96 valence electrons. The van der Waals surface area contributed by atoms with Crippen molar-refractivity contribution in [3.63, 3.8) is 0 Å². The van der Waals surface area contributed by atoms with E-state index in [2.05, 4.69) is 45.9 Å². The van der Waals surface area contributed by atoms with Crippen molar-refractivity contribution in [1.29, 1.82) is 0 Å². The molecular formula is C15H25NO. The molecule has 0 bridgehead atoms. The second-order valence-electron chi connectivity index (χ2n) is 5.00. The van der Waals surface area contributed by atoms with Gasteiger partial charge in [0.05, 0.1) is 0 Å². The Morgan fingerprint density at radius 3 is 2.41 bits per heavy atom. The van der Waals surface area contributed by atoms with Gasteiger partial charge in [0.1, 0.15) is 11.4 Å². The van der Waals surface area contributed by atoms with E-state index in [9.17, 15) is 0 Å². The van der Waals surface area contributed by atoms with Gasteiger partial charge in [-0.05, 0) is 56.8 Å². The van der Waals surface area contributed by atoms with Crippen LogP contribution in [-0.2, 0) is 12.8 Å². The van der Waals surface area contributed by atoms with Crippen molar-refractivity contribution in [2.45, 2.75) is 52.6 Å². The predicted molar refractivity (Wildman–Crippen MR) is 73.6 cm³/mol. The van der Waals surface area contributed by atoms with Crippen LogP contribution >= 0.6 is 0 Å². The quantitative estimate of drug-likeness (QED) is 0.821. The lowest BCUT2D eigenvalue weighted by molar-refractivity contribution is 0.101. The van der Waals surface area contributed by atoms with Gasteiger partial charge in [-0.25, -0.2) is 0 Å². The maximum atomic E-state index is 6.13. The molecule has 1 aromatic rings. The largest absolute Gasteiger partial charge is 0.488 e. The van der Waals surface area contributed by atoms with Gasteiger partial charge >= 0.3 is 0 Å². The summed E-state index contributed by atoms with van der Waals surface area (Å²) in [7, 11) is 0. The highest BCUT2D eigenvalue weighted by atomic mass is 16.5. The van der Waals surface area contributed by atoms with Crippen molar-refractivity contribution in [2.75, 3.05) is 6.54 Å². The Labute approximate surface area is 105 Å². The molecule has 0 aliphatic heterocycles. The smallest absolute Gasteiger partial charge is 0.123 e. The Kier molecular flexibility index (Phi) is 5.01. The van der Waals surface area contributed by atoms with Gasteiger partial charge in [0.2, 0.25) is 0 Å². The third-order valence-electron chi connectivity index (χ3n) is 3.10. The fourth-order valence-electron chi connectivity index (χ4n) is 2.14. The Bertz CT molecular complexity index is 358. The van der Waals surface area contributed by atoms with Crippen LogP contribution in [0.2, 0.25) is 0 Å².